The second-order valence-corrected chi connectivity index (χ2v) is 11.4. The molecule has 2 amide bonds. The Morgan fingerprint density at radius 2 is 1.74 bits per heavy atom. The third-order valence-corrected chi connectivity index (χ3v) is 9.92. The van der Waals surface area contributed by atoms with Crippen LogP contribution < -0.4 is 5.32 Å². The van der Waals surface area contributed by atoms with Crippen LogP contribution >= 0.6 is 0 Å². The highest BCUT2D eigenvalue weighted by Gasteiger charge is 2.61. The molecule has 34 heavy (non-hydrogen) atoms. The summed E-state index contributed by atoms with van der Waals surface area (Å²) in [4.78, 5) is 27.5. The van der Waals surface area contributed by atoms with Crippen LogP contribution in [0.1, 0.15) is 57.9 Å². The normalized spacial score (nSPS) is 39.3. The number of alkyl halides is 3. The molecule has 1 N–H and O–H groups in total. The molecule has 4 nitrogen and oxygen atoms in total. The Labute approximate surface area is 199 Å². The molecule has 1 aromatic carbocycles. The topological polar surface area (TPSA) is 49.4 Å². The first kappa shape index (κ1) is 23.4. The zero-order valence-electron chi connectivity index (χ0n) is 20.0. The number of nitrogens with zero attached hydrogens (tertiary/aromatic N) is 1. The maximum Gasteiger partial charge on any atom is 0.416 e. The van der Waals surface area contributed by atoms with Crippen LogP contribution in [0.4, 0.5) is 18.9 Å². The van der Waals surface area contributed by atoms with E-state index in [4.69, 9.17) is 0 Å². The quantitative estimate of drug-likeness (QED) is 0.580. The average Bonchev–Trinajstić information content (AvgIpc) is 3.14. The molecule has 4 aliphatic rings. The van der Waals surface area contributed by atoms with Gasteiger partial charge in [-0.1, -0.05) is 19.9 Å². The molecule has 1 aliphatic heterocycles. The van der Waals surface area contributed by atoms with Gasteiger partial charge in [0.25, 0.3) is 0 Å². The van der Waals surface area contributed by atoms with Gasteiger partial charge in [-0.05, 0) is 92.0 Å². The minimum Gasteiger partial charge on any atom is -0.338 e. The van der Waals surface area contributed by atoms with Crippen LogP contribution in [0.25, 0.3) is 0 Å². The molecule has 2 unspecified atom stereocenters. The summed E-state index contributed by atoms with van der Waals surface area (Å²) in [6, 6.07) is 4.93. The van der Waals surface area contributed by atoms with E-state index in [1.165, 1.54) is 12.1 Å². The molecule has 0 bridgehead atoms. The van der Waals surface area contributed by atoms with Crippen LogP contribution in [-0.4, -0.2) is 29.8 Å². The van der Waals surface area contributed by atoms with Crippen LogP contribution in [-0.2, 0) is 15.8 Å². The Morgan fingerprint density at radius 3 is 2.41 bits per heavy atom. The van der Waals surface area contributed by atoms with Gasteiger partial charge >= 0.3 is 6.18 Å². The van der Waals surface area contributed by atoms with E-state index in [2.05, 4.69) is 25.2 Å². The minimum absolute atomic E-state index is 0.0342. The molecule has 1 aromatic rings. The molecule has 7 heteroatoms. The minimum atomic E-state index is -4.39. The van der Waals surface area contributed by atoms with Crippen LogP contribution in [0.15, 0.2) is 36.4 Å². The van der Waals surface area contributed by atoms with Crippen LogP contribution in [0.3, 0.4) is 0 Å². The highest BCUT2D eigenvalue weighted by atomic mass is 19.4. The lowest BCUT2D eigenvalue weighted by molar-refractivity contribution is -0.141. The predicted octanol–water partition coefficient (Wildman–Crippen LogP) is 5.90. The van der Waals surface area contributed by atoms with Crippen molar-refractivity contribution in [1.82, 2.24) is 4.90 Å². The molecule has 0 radical (unpaired) electrons. The summed E-state index contributed by atoms with van der Waals surface area (Å²) in [6.07, 6.45) is 5.36. The van der Waals surface area contributed by atoms with E-state index in [9.17, 15) is 22.8 Å². The monoisotopic (exact) mass is 474 g/mol. The molecule has 3 fully saturated rings. The van der Waals surface area contributed by atoms with E-state index < -0.39 is 11.7 Å². The van der Waals surface area contributed by atoms with Crippen molar-refractivity contribution in [3.05, 3.63) is 42.0 Å². The predicted molar refractivity (Wildman–Crippen MR) is 124 cm³/mol. The lowest BCUT2D eigenvalue weighted by Gasteiger charge is -2.60. The van der Waals surface area contributed by atoms with Crippen LogP contribution in [0, 0.1) is 34.5 Å². The van der Waals surface area contributed by atoms with Gasteiger partial charge in [-0.2, -0.15) is 13.2 Å². The third-order valence-electron chi connectivity index (χ3n) is 9.92. The van der Waals surface area contributed by atoms with Crippen molar-refractivity contribution in [2.24, 2.45) is 34.5 Å². The Kier molecular flexibility index (Phi) is 5.41. The first-order valence-electron chi connectivity index (χ1n) is 12.4. The number of hydrogen-bond donors (Lipinski definition) is 1. The molecule has 3 saturated carbocycles. The molecule has 0 spiro atoms. The van der Waals surface area contributed by atoms with Crippen molar-refractivity contribution in [3.63, 3.8) is 0 Å². The number of likely N-dealkylation sites (N-methyl/N-ethyl adjacent to an activating group) is 1. The van der Waals surface area contributed by atoms with E-state index in [1.807, 2.05) is 11.9 Å². The molecular weight excluding hydrogens is 441 g/mol. The highest BCUT2D eigenvalue weighted by Crippen LogP contribution is 2.65. The smallest absolute Gasteiger partial charge is 0.338 e. The summed E-state index contributed by atoms with van der Waals surface area (Å²) in [6.45, 7) is 4.55. The third kappa shape index (κ3) is 3.49. The fourth-order valence-corrected chi connectivity index (χ4v) is 8.14. The maximum atomic E-state index is 13.3. The largest absolute Gasteiger partial charge is 0.416 e. The van der Waals surface area contributed by atoms with Crippen molar-refractivity contribution >= 4 is 17.5 Å². The Morgan fingerprint density at radius 1 is 1.03 bits per heavy atom. The molecule has 1 heterocycles. The lowest BCUT2D eigenvalue weighted by atomic mass is 9.47. The van der Waals surface area contributed by atoms with Gasteiger partial charge in [-0.15, -0.1) is 0 Å². The van der Waals surface area contributed by atoms with E-state index in [0.717, 1.165) is 50.7 Å². The Hall–Kier alpha value is -2.31. The first-order chi connectivity index (χ1) is 15.9. The number of amides is 2. The van der Waals surface area contributed by atoms with Crippen molar-refractivity contribution in [1.29, 1.82) is 0 Å². The number of rotatable bonds is 2. The number of nitrogens with one attached hydrogen (secondary N) is 1. The maximum absolute atomic E-state index is 13.3. The number of benzene rings is 1. The molecule has 184 valence electrons. The van der Waals surface area contributed by atoms with Gasteiger partial charge in [0.2, 0.25) is 11.8 Å². The molecule has 7 atom stereocenters. The molecule has 3 aliphatic carbocycles. The van der Waals surface area contributed by atoms with Crippen molar-refractivity contribution in [3.8, 4) is 0 Å². The summed E-state index contributed by atoms with van der Waals surface area (Å²) < 4.78 is 38.6. The molecule has 0 aromatic heterocycles. The molecule has 5 rings (SSSR count). The van der Waals surface area contributed by atoms with Gasteiger partial charge in [0.1, 0.15) is 0 Å². The van der Waals surface area contributed by atoms with Crippen molar-refractivity contribution in [2.45, 2.75) is 64.6 Å². The Balaban J connectivity index is 1.33. The average molecular weight is 475 g/mol. The number of anilines is 1. The zero-order chi connectivity index (χ0) is 24.5. The first-order valence-corrected chi connectivity index (χ1v) is 12.4. The van der Waals surface area contributed by atoms with Crippen molar-refractivity contribution in [2.75, 3.05) is 12.4 Å². The fraction of sp³-hybridized carbons (Fsp3) is 0.630. The van der Waals surface area contributed by atoms with Gasteiger partial charge in [-0.3, -0.25) is 9.59 Å². The number of carbonyl (C=O) groups excluding carboxylic acids is 2. The van der Waals surface area contributed by atoms with Crippen molar-refractivity contribution < 1.29 is 22.8 Å². The lowest BCUT2D eigenvalue weighted by Crippen LogP contribution is -2.59. The summed E-state index contributed by atoms with van der Waals surface area (Å²) in [5.41, 5.74) is -0.453. The summed E-state index contributed by atoms with van der Waals surface area (Å²) >= 11 is 0. The summed E-state index contributed by atoms with van der Waals surface area (Å²) in [5, 5.41) is 2.89. The number of hydrogen-bond acceptors (Lipinski definition) is 2. The second kappa shape index (κ2) is 7.85. The van der Waals surface area contributed by atoms with Gasteiger partial charge in [-0.25, -0.2) is 0 Å². The van der Waals surface area contributed by atoms with Crippen LogP contribution in [0.5, 0.6) is 0 Å². The van der Waals surface area contributed by atoms with Gasteiger partial charge in [0.05, 0.1) is 5.56 Å². The second-order valence-electron chi connectivity index (χ2n) is 11.4. The van der Waals surface area contributed by atoms with E-state index in [0.29, 0.717) is 23.4 Å². The molecular formula is C27H33F3N2O2. The van der Waals surface area contributed by atoms with E-state index in [1.54, 1.807) is 6.08 Å². The SMILES string of the molecule is CN1C(=O)C=C[C@@]2(C)C1CC[C@@H]1[C@H]2CC[C@]2(C)C(C(=O)Nc3ccc(C(F)(F)F)cc3)CC[C@@H]12. The standard InChI is InChI=1S/C27H33F3N2O2/c1-25-14-12-20-18(8-11-22-26(20,2)15-13-23(33)32(22)3)19(25)9-10-21(25)24(34)31-17-6-4-16(5-7-17)27(28,29)30/h4-7,13,15,18-22H,8-12,14H2,1-3H3,(H,31,34)/t18-,19-,20+,21?,22?,25-,26+/m0/s1. The molecule has 0 saturated heterocycles. The fourth-order valence-electron chi connectivity index (χ4n) is 8.14. The zero-order valence-corrected chi connectivity index (χ0v) is 20.0. The van der Waals surface area contributed by atoms with E-state index >= 15 is 0 Å². The number of halogens is 3. The van der Waals surface area contributed by atoms with Gasteiger partial charge < -0.3 is 10.2 Å². The number of fused-ring (bicyclic) bond motifs is 5. The number of carbonyl (C=O) groups is 2. The summed E-state index contributed by atoms with van der Waals surface area (Å²) in [5.74, 6) is 1.33. The summed E-state index contributed by atoms with van der Waals surface area (Å²) in [7, 11) is 1.92. The highest BCUT2D eigenvalue weighted by molar-refractivity contribution is 5.93. The van der Waals surface area contributed by atoms with Gasteiger partial charge in [0, 0.05) is 30.1 Å². The van der Waals surface area contributed by atoms with E-state index in [-0.39, 0.29) is 34.6 Å². The van der Waals surface area contributed by atoms with Gasteiger partial charge in [0.15, 0.2) is 0 Å². The van der Waals surface area contributed by atoms with Crippen LogP contribution in [0.2, 0.25) is 0 Å². The Bertz CT molecular complexity index is 1020.